The lowest BCUT2D eigenvalue weighted by molar-refractivity contribution is -0.138. The molecular weight excluding hydrogens is 330 g/mol. The van der Waals surface area contributed by atoms with Gasteiger partial charge in [0.2, 0.25) is 0 Å². The van der Waals surface area contributed by atoms with Crippen LogP contribution in [-0.4, -0.2) is 38.8 Å². The zero-order valence-corrected chi connectivity index (χ0v) is 13.2. The van der Waals surface area contributed by atoms with E-state index in [0.29, 0.717) is 27.6 Å². The molecule has 0 amide bonds. The Bertz CT molecular complexity index is 884. The van der Waals surface area contributed by atoms with Gasteiger partial charge in [-0.25, -0.2) is 14.8 Å². The first-order chi connectivity index (χ1) is 11.6. The van der Waals surface area contributed by atoms with E-state index in [9.17, 15) is 9.90 Å². The number of aliphatic hydroxyl groups excluding tert-OH is 1. The fraction of sp³-hybridized carbons (Fsp3) is 0.118. The van der Waals surface area contributed by atoms with Crippen LogP contribution in [0.3, 0.4) is 0 Å². The number of carbonyl (C=O) groups is 1. The number of halogens is 1. The van der Waals surface area contributed by atoms with Crippen molar-refractivity contribution in [3.05, 3.63) is 53.6 Å². The number of rotatable bonds is 5. The summed E-state index contributed by atoms with van der Waals surface area (Å²) >= 11 is 5.90. The van der Waals surface area contributed by atoms with Crippen molar-refractivity contribution in [2.24, 2.45) is 0 Å². The van der Waals surface area contributed by atoms with Crippen molar-refractivity contribution in [1.29, 1.82) is 0 Å². The van der Waals surface area contributed by atoms with Crippen molar-refractivity contribution >= 4 is 34.3 Å². The van der Waals surface area contributed by atoms with Gasteiger partial charge in [0.05, 0.1) is 12.1 Å². The fourth-order valence-electron chi connectivity index (χ4n) is 2.27. The number of anilines is 1. The van der Waals surface area contributed by atoms with Crippen LogP contribution in [0.2, 0.25) is 5.02 Å². The van der Waals surface area contributed by atoms with Gasteiger partial charge in [-0.3, -0.25) is 0 Å². The normalized spacial score (nSPS) is 12.1. The van der Waals surface area contributed by atoms with Gasteiger partial charge in [0, 0.05) is 16.0 Å². The maximum atomic E-state index is 11.2. The van der Waals surface area contributed by atoms with Gasteiger partial charge in [0.1, 0.15) is 11.9 Å². The molecule has 7 heteroatoms. The van der Waals surface area contributed by atoms with Gasteiger partial charge in [-0.05, 0) is 36.4 Å². The van der Waals surface area contributed by atoms with Crippen LogP contribution in [-0.2, 0) is 4.79 Å². The molecule has 0 aliphatic carbocycles. The summed E-state index contributed by atoms with van der Waals surface area (Å²) in [6, 6.07) is 13.1. The van der Waals surface area contributed by atoms with E-state index < -0.39 is 18.6 Å². The molecule has 1 heterocycles. The summed E-state index contributed by atoms with van der Waals surface area (Å²) in [6.07, 6.45) is 0. The minimum Gasteiger partial charge on any atom is -0.480 e. The second-order valence-electron chi connectivity index (χ2n) is 5.14. The first-order valence-electron chi connectivity index (χ1n) is 7.21. The number of benzene rings is 2. The Kier molecular flexibility index (Phi) is 4.59. The third kappa shape index (κ3) is 3.29. The van der Waals surface area contributed by atoms with Gasteiger partial charge in [0.25, 0.3) is 0 Å². The highest BCUT2D eigenvalue weighted by Crippen LogP contribution is 2.26. The summed E-state index contributed by atoms with van der Waals surface area (Å²) in [5, 5.41) is 22.4. The number of hydrogen-bond donors (Lipinski definition) is 3. The van der Waals surface area contributed by atoms with Crippen molar-refractivity contribution in [3.63, 3.8) is 0 Å². The van der Waals surface area contributed by atoms with Crippen LogP contribution >= 0.6 is 11.6 Å². The Balaban J connectivity index is 2.12. The van der Waals surface area contributed by atoms with Gasteiger partial charge >= 0.3 is 5.97 Å². The predicted molar refractivity (Wildman–Crippen MR) is 92.1 cm³/mol. The van der Waals surface area contributed by atoms with Crippen molar-refractivity contribution in [1.82, 2.24) is 9.97 Å². The van der Waals surface area contributed by atoms with Crippen molar-refractivity contribution in [3.8, 4) is 11.4 Å². The summed E-state index contributed by atoms with van der Waals surface area (Å²) in [6.45, 7) is -0.552. The van der Waals surface area contributed by atoms with E-state index in [-0.39, 0.29) is 0 Å². The zero-order chi connectivity index (χ0) is 17.1. The third-order valence-corrected chi connectivity index (χ3v) is 3.75. The molecule has 0 radical (unpaired) electrons. The van der Waals surface area contributed by atoms with E-state index in [0.717, 1.165) is 5.56 Å². The van der Waals surface area contributed by atoms with Gasteiger partial charge in [-0.2, -0.15) is 0 Å². The molecule has 1 unspecified atom stereocenters. The molecule has 0 saturated carbocycles. The first-order valence-corrected chi connectivity index (χ1v) is 7.59. The molecule has 0 saturated heterocycles. The number of carboxylic acids is 1. The number of aromatic nitrogens is 2. The Morgan fingerprint density at radius 3 is 2.50 bits per heavy atom. The molecule has 0 bridgehead atoms. The number of carboxylic acid groups (broad SMARTS) is 1. The summed E-state index contributed by atoms with van der Waals surface area (Å²) < 4.78 is 0. The molecule has 0 spiro atoms. The van der Waals surface area contributed by atoms with E-state index >= 15 is 0 Å². The number of para-hydroxylation sites is 1. The minimum atomic E-state index is -1.16. The largest absolute Gasteiger partial charge is 0.480 e. The highest BCUT2D eigenvalue weighted by atomic mass is 35.5. The molecule has 1 aromatic heterocycles. The number of fused-ring (bicyclic) bond motifs is 1. The summed E-state index contributed by atoms with van der Waals surface area (Å²) in [5.41, 5.74) is 1.42. The summed E-state index contributed by atoms with van der Waals surface area (Å²) in [5.74, 6) is -0.366. The number of aliphatic carboxylic acids is 1. The van der Waals surface area contributed by atoms with Gasteiger partial charge in [0.15, 0.2) is 5.82 Å². The molecule has 3 aromatic rings. The Hall–Kier alpha value is -2.70. The van der Waals surface area contributed by atoms with E-state index in [2.05, 4.69) is 15.3 Å². The van der Waals surface area contributed by atoms with Crippen LogP contribution in [0.4, 0.5) is 5.82 Å². The first kappa shape index (κ1) is 16.2. The van der Waals surface area contributed by atoms with Crippen LogP contribution in [0.1, 0.15) is 0 Å². The van der Waals surface area contributed by atoms with E-state index in [1.54, 1.807) is 30.3 Å². The number of hydrogen-bond acceptors (Lipinski definition) is 5. The Morgan fingerprint density at radius 2 is 1.83 bits per heavy atom. The molecule has 0 aliphatic rings. The molecule has 3 N–H and O–H groups in total. The Morgan fingerprint density at radius 1 is 1.12 bits per heavy atom. The second-order valence-corrected chi connectivity index (χ2v) is 5.57. The molecule has 6 nitrogen and oxygen atoms in total. The van der Waals surface area contributed by atoms with Gasteiger partial charge in [-0.15, -0.1) is 0 Å². The average Bonchev–Trinajstić information content (AvgIpc) is 2.59. The standard InChI is InChI=1S/C17H14ClN3O3/c18-11-7-5-10(6-8-11)15-19-13-4-2-1-3-12(13)16(21-15)20-14(9-22)17(23)24/h1-8,14,22H,9H2,(H,23,24)(H,19,20,21). The molecule has 122 valence electrons. The topological polar surface area (TPSA) is 95.3 Å². The SMILES string of the molecule is O=C(O)C(CO)Nc1nc(-c2ccc(Cl)cc2)nc2ccccc12. The lowest BCUT2D eigenvalue weighted by Crippen LogP contribution is -2.33. The summed E-state index contributed by atoms with van der Waals surface area (Å²) in [4.78, 5) is 20.1. The molecule has 3 rings (SSSR count). The third-order valence-electron chi connectivity index (χ3n) is 3.50. The van der Waals surface area contributed by atoms with Crippen molar-refractivity contribution in [2.75, 3.05) is 11.9 Å². The highest BCUT2D eigenvalue weighted by Gasteiger charge is 2.18. The fourth-order valence-corrected chi connectivity index (χ4v) is 2.39. The number of aliphatic hydroxyl groups is 1. The second kappa shape index (κ2) is 6.82. The molecule has 0 aliphatic heterocycles. The molecular formula is C17H14ClN3O3. The lowest BCUT2D eigenvalue weighted by Gasteiger charge is -2.15. The van der Waals surface area contributed by atoms with E-state index in [1.807, 2.05) is 18.2 Å². The number of nitrogens with zero attached hydrogens (tertiary/aromatic N) is 2. The van der Waals surface area contributed by atoms with Crippen LogP contribution in [0.5, 0.6) is 0 Å². The van der Waals surface area contributed by atoms with E-state index in [1.165, 1.54) is 0 Å². The Labute approximate surface area is 142 Å². The van der Waals surface area contributed by atoms with E-state index in [4.69, 9.17) is 16.7 Å². The molecule has 1 atom stereocenters. The quantitative estimate of drug-likeness (QED) is 0.659. The minimum absolute atomic E-state index is 0.354. The maximum Gasteiger partial charge on any atom is 0.328 e. The summed E-state index contributed by atoms with van der Waals surface area (Å²) in [7, 11) is 0. The zero-order valence-electron chi connectivity index (χ0n) is 12.5. The smallest absolute Gasteiger partial charge is 0.328 e. The van der Waals surface area contributed by atoms with Crippen LogP contribution in [0, 0.1) is 0 Å². The van der Waals surface area contributed by atoms with Crippen molar-refractivity contribution < 1.29 is 15.0 Å². The molecule has 24 heavy (non-hydrogen) atoms. The monoisotopic (exact) mass is 343 g/mol. The average molecular weight is 344 g/mol. The van der Waals surface area contributed by atoms with Gasteiger partial charge < -0.3 is 15.5 Å². The van der Waals surface area contributed by atoms with Gasteiger partial charge in [-0.1, -0.05) is 23.7 Å². The predicted octanol–water partition coefficient (Wildman–Crippen LogP) is 2.81. The lowest BCUT2D eigenvalue weighted by atomic mass is 10.1. The van der Waals surface area contributed by atoms with Crippen LogP contribution in [0.25, 0.3) is 22.3 Å². The van der Waals surface area contributed by atoms with Crippen molar-refractivity contribution in [2.45, 2.75) is 6.04 Å². The maximum absolute atomic E-state index is 11.2. The van der Waals surface area contributed by atoms with Crippen LogP contribution < -0.4 is 5.32 Å². The van der Waals surface area contributed by atoms with Crippen LogP contribution in [0.15, 0.2) is 48.5 Å². The highest BCUT2D eigenvalue weighted by molar-refractivity contribution is 6.30. The molecule has 0 fully saturated rings. The molecule has 2 aromatic carbocycles. The number of nitrogens with one attached hydrogen (secondary N) is 1.